The van der Waals surface area contributed by atoms with E-state index in [0.717, 1.165) is 0 Å². The maximum Gasteiger partial charge on any atom is 0.294 e. The van der Waals surface area contributed by atoms with Crippen molar-refractivity contribution in [2.75, 3.05) is 0 Å². The standard InChI is InChI=1S/C9H10BrNO4S.ClH/c1-6(12)11-5-7-4-8(10)2-3-9(7)16(13,14)15;/h2-4H,5H2,1H3,(H,11,12)(H,13,14,15);1H. The van der Waals surface area contributed by atoms with Gasteiger partial charge >= 0.3 is 0 Å². The van der Waals surface area contributed by atoms with E-state index >= 15 is 0 Å². The van der Waals surface area contributed by atoms with Gasteiger partial charge in [-0.3, -0.25) is 9.35 Å². The molecule has 96 valence electrons. The summed E-state index contributed by atoms with van der Waals surface area (Å²) < 4.78 is 31.7. The molecule has 1 amide bonds. The fourth-order valence-electron chi connectivity index (χ4n) is 1.16. The summed E-state index contributed by atoms with van der Waals surface area (Å²) in [7, 11) is -4.27. The lowest BCUT2D eigenvalue weighted by molar-refractivity contribution is -0.119. The molecule has 0 spiro atoms. The van der Waals surface area contributed by atoms with Crippen LogP contribution in [0.15, 0.2) is 27.6 Å². The lowest BCUT2D eigenvalue weighted by atomic mass is 10.2. The molecule has 1 rings (SSSR count). The summed E-state index contributed by atoms with van der Waals surface area (Å²) in [6, 6.07) is 4.30. The quantitative estimate of drug-likeness (QED) is 0.818. The Bertz CT molecular complexity index is 518. The van der Waals surface area contributed by atoms with Gasteiger partial charge in [0.2, 0.25) is 5.91 Å². The van der Waals surface area contributed by atoms with Crippen LogP contribution in [0.25, 0.3) is 0 Å². The van der Waals surface area contributed by atoms with Gasteiger partial charge in [-0.25, -0.2) is 0 Å². The SMILES string of the molecule is CC(=O)NCc1cc(Br)ccc1S(=O)(=O)O.Cl. The topological polar surface area (TPSA) is 83.5 Å². The molecule has 0 saturated heterocycles. The molecule has 0 fully saturated rings. The van der Waals surface area contributed by atoms with E-state index in [1.807, 2.05) is 0 Å². The van der Waals surface area contributed by atoms with Crippen LogP contribution in [0.1, 0.15) is 12.5 Å². The van der Waals surface area contributed by atoms with E-state index in [4.69, 9.17) is 4.55 Å². The Kier molecular flexibility index (Phi) is 6.11. The molecule has 0 radical (unpaired) electrons. The van der Waals surface area contributed by atoms with Crippen LogP contribution >= 0.6 is 28.3 Å². The molecule has 5 nitrogen and oxygen atoms in total. The predicted octanol–water partition coefficient (Wildman–Crippen LogP) is 1.75. The van der Waals surface area contributed by atoms with Gasteiger partial charge in [0.05, 0.1) is 4.90 Å². The molecule has 0 atom stereocenters. The van der Waals surface area contributed by atoms with Gasteiger partial charge in [-0.05, 0) is 23.8 Å². The Hall–Kier alpha value is -0.630. The van der Waals surface area contributed by atoms with E-state index in [2.05, 4.69) is 21.2 Å². The number of hydrogen-bond acceptors (Lipinski definition) is 3. The van der Waals surface area contributed by atoms with Gasteiger partial charge in [0.15, 0.2) is 0 Å². The first-order valence-corrected chi connectivity index (χ1v) is 6.54. The van der Waals surface area contributed by atoms with E-state index in [-0.39, 0.29) is 29.8 Å². The first-order valence-electron chi connectivity index (χ1n) is 4.31. The summed E-state index contributed by atoms with van der Waals surface area (Å²) in [5, 5.41) is 2.47. The fraction of sp³-hybridized carbons (Fsp3) is 0.222. The van der Waals surface area contributed by atoms with Crippen molar-refractivity contribution >= 4 is 44.4 Å². The minimum absolute atomic E-state index is 0. The minimum atomic E-state index is -4.27. The highest BCUT2D eigenvalue weighted by Gasteiger charge is 2.15. The second-order valence-electron chi connectivity index (χ2n) is 3.14. The highest BCUT2D eigenvalue weighted by Crippen LogP contribution is 2.20. The lowest BCUT2D eigenvalue weighted by Gasteiger charge is -2.08. The Morgan fingerprint density at radius 2 is 2.06 bits per heavy atom. The summed E-state index contributed by atoms with van der Waals surface area (Å²) in [6.07, 6.45) is 0. The summed E-state index contributed by atoms with van der Waals surface area (Å²) in [6.45, 7) is 1.37. The molecule has 0 heterocycles. The molecule has 0 saturated carbocycles. The maximum absolute atomic E-state index is 11.0. The number of hydrogen-bond donors (Lipinski definition) is 2. The molecule has 0 aliphatic rings. The summed E-state index contributed by atoms with van der Waals surface area (Å²) in [4.78, 5) is 10.5. The van der Waals surface area contributed by atoms with Gasteiger partial charge in [-0.15, -0.1) is 12.4 Å². The van der Waals surface area contributed by atoms with Crippen LogP contribution in [0.3, 0.4) is 0 Å². The van der Waals surface area contributed by atoms with Crippen LogP contribution in [0.5, 0.6) is 0 Å². The molecular weight excluding hydrogens is 334 g/mol. The van der Waals surface area contributed by atoms with Crippen LogP contribution in [-0.4, -0.2) is 18.9 Å². The van der Waals surface area contributed by atoms with E-state index in [0.29, 0.717) is 10.0 Å². The van der Waals surface area contributed by atoms with Gasteiger partial charge in [0, 0.05) is 17.9 Å². The van der Waals surface area contributed by atoms with Crippen molar-refractivity contribution in [2.45, 2.75) is 18.4 Å². The van der Waals surface area contributed by atoms with Gasteiger partial charge in [-0.1, -0.05) is 15.9 Å². The van der Waals surface area contributed by atoms with Gasteiger partial charge in [0.1, 0.15) is 0 Å². The van der Waals surface area contributed by atoms with E-state index in [1.54, 1.807) is 0 Å². The van der Waals surface area contributed by atoms with Crippen LogP contribution in [0.2, 0.25) is 0 Å². The summed E-state index contributed by atoms with van der Waals surface area (Å²) in [5.74, 6) is -0.277. The van der Waals surface area contributed by atoms with Crippen molar-refractivity contribution in [3.63, 3.8) is 0 Å². The number of halogens is 2. The fourth-order valence-corrected chi connectivity index (χ4v) is 2.27. The Labute approximate surface area is 114 Å². The molecule has 1 aromatic carbocycles. The van der Waals surface area contributed by atoms with E-state index < -0.39 is 10.1 Å². The van der Waals surface area contributed by atoms with E-state index in [1.165, 1.54) is 25.1 Å². The first-order chi connectivity index (χ1) is 7.30. The second kappa shape index (κ2) is 6.34. The van der Waals surface area contributed by atoms with Crippen molar-refractivity contribution in [1.29, 1.82) is 0 Å². The van der Waals surface area contributed by atoms with Crippen molar-refractivity contribution in [3.8, 4) is 0 Å². The average Bonchev–Trinajstić information content (AvgIpc) is 2.12. The highest BCUT2D eigenvalue weighted by atomic mass is 79.9. The van der Waals surface area contributed by atoms with Crippen molar-refractivity contribution < 1.29 is 17.8 Å². The third-order valence-corrected chi connectivity index (χ3v) is 3.28. The molecule has 0 unspecified atom stereocenters. The third kappa shape index (κ3) is 5.03. The molecule has 0 aliphatic heterocycles. The van der Waals surface area contributed by atoms with Gasteiger partial charge in [-0.2, -0.15) is 8.42 Å². The third-order valence-electron chi connectivity index (χ3n) is 1.83. The molecule has 0 aliphatic carbocycles. The zero-order valence-electron chi connectivity index (χ0n) is 8.81. The zero-order chi connectivity index (χ0) is 12.3. The number of carbonyl (C=O) groups is 1. The van der Waals surface area contributed by atoms with Crippen molar-refractivity contribution in [1.82, 2.24) is 5.32 Å². The number of benzene rings is 1. The minimum Gasteiger partial charge on any atom is -0.352 e. The predicted molar refractivity (Wildman–Crippen MR) is 68.7 cm³/mol. The van der Waals surface area contributed by atoms with Gasteiger partial charge in [0.25, 0.3) is 10.1 Å². The van der Waals surface area contributed by atoms with Crippen LogP contribution in [-0.2, 0) is 21.5 Å². The van der Waals surface area contributed by atoms with Crippen molar-refractivity contribution in [3.05, 3.63) is 28.2 Å². The number of nitrogens with one attached hydrogen (secondary N) is 1. The second-order valence-corrected chi connectivity index (χ2v) is 5.44. The summed E-state index contributed by atoms with van der Waals surface area (Å²) in [5.41, 5.74) is 0.326. The highest BCUT2D eigenvalue weighted by molar-refractivity contribution is 9.10. The van der Waals surface area contributed by atoms with Gasteiger partial charge < -0.3 is 5.32 Å². The monoisotopic (exact) mass is 343 g/mol. The van der Waals surface area contributed by atoms with Crippen molar-refractivity contribution in [2.24, 2.45) is 0 Å². The average molecular weight is 345 g/mol. The molecule has 8 heteroatoms. The Morgan fingerprint density at radius 3 is 2.53 bits per heavy atom. The zero-order valence-corrected chi connectivity index (χ0v) is 12.0. The largest absolute Gasteiger partial charge is 0.352 e. The Morgan fingerprint density at radius 1 is 1.47 bits per heavy atom. The summed E-state index contributed by atoms with van der Waals surface area (Å²) >= 11 is 3.18. The molecule has 1 aromatic rings. The first kappa shape index (κ1) is 16.4. The lowest BCUT2D eigenvalue weighted by Crippen LogP contribution is -2.20. The van der Waals surface area contributed by atoms with Crippen LogP contribution in [0, 0.1) is 0 Å². The molecule has 0 bridgehead atoms. The van der Waals surface area contributed by atoms with E-state index in [9.17, 15) is 13.2 Å². The number of carbonyl (C=O) groups excluding carboxylic acids is 1. The van der Waals surface area contributed by atoms with Crippen LogP contribution in [0.4, 0.5) is 0 Å². The maximum atomic E-state index is 11.0. The number of rotatable bonds is 3. The normalized spacial score (nSPS) is 10.5. The molecule has 0 aromatic heterocycles. The molecular formula is C9H11BrClNO4S. The number of amides is 1. The molecule has 2 N–H and O–H groups in total. The smallest absolute Gasteiger partial charge is 0.294 e. The van der Waals surface area contributed by atoms with Crippen LogP contribution < -0.4 is 5.32 Å². The Balaban J connectivity index is 0.00000256. The molecule has 17 heavy (non-hydrogen) atoms.